The van der Waals surface area contributed by atoms with Gasteiger partial charge in [0.25, 0.3) is 0 Å². The fourth-order valence-corrected chi connectivity index (χ4v) is 3.76. The van der Waals surface area contributed by atoms with Gasteiger partial charge in [0.2, 0.25) is 5.90 Å². The van der Waals surface area contributed by atoms with Crippen LogP contribution in [0.15, 0.2) is 35.3 Å². The maximum atomic E-state index is 11.3. The zero-order valence-electron chi connectivity index (χ0n) is 12.0. The first-order valence-corrected chi connectivity index (χ1v) is 8.33. The van der Waals surface area contributed by atoms with E-state index in [4.69, 9.17) is 27.9 Å². The van der Waals surface area contributed by atoms with E-state index >= 15 is 0 Å². The average molecular weight is 368 g/mol. The third kappa shape index (κ3) is 3.13. The normalized spacial score (nSPS) is 14.7. The van der Waals surface area contributed by atoms with E-state index in [0.717, 1.165) is 6.08 Å². The molecule has 0 atom stereocenters. The van der Waals surface area contributed by atoms with Crippen LogP contribution in [0.4, 0.5) is 5.69 Å². The molecule has 0 radical (unpaired) electrons. The minimum absolute atomic E-state index is 0.406. The number of thiophene rings is 1. The molecule has 0 saturated heterocycles. The van der Waals surface area contributed by atoms with Crippen LogP contribution in [0.25, 0.3) is 5.57 Å². The summed E-state index contributed by atoms with van der Waals surface area (Å²) in [5, 5.41) is 9.76. The zero-order valence-corrected chi connectivity index (χ0v) is 14.3. The van der Waals surface area contributed by atoms with Gasteiger partial charge in [-0.1, -0.05) is 29.3 Å². The Morgan fingerprint density at radius 3 is 2.83 bits per heavy atom. The third-order valence-electron chi connectivity index (χ3n) is 3.20. The highest BCUT2D eigenvalue weighted by molar-refractivity contribution is 7.17. The van der Waals surface area contributed by atoms with E-state index < -0.39 is 5.97 Å². The Hall–Kier alpha value is -1.82. The largest absolute Gasteiger partial charge is 0.478 e. The van der Waals surface area contributed by atoms with Crippen LogP contribution in [0.1, 0.15) is 22.9 Å². The van der Waals surface area contributed by atoms with Crippen LogP contribution in [0.5, 0.6) is 0 Å². The van der Waals surface area contributed by atoms with Crippen molar-refractivity contribution < 1.29 is 14.6 Å². The van der Waals surface area contributed by atoms with Gasteiger partial charge in [0, 0.05) is 27.1 Å². The number of aliphatic imine (C=N–C) groups is 1. The fourth-order valence-electron chi connectivity index (χ4n) is 2.35. The van der Waals surface area contributed by atoms with E-state index in [1.54, 1.807) is 24.3 Å². The van der Waals surface area contributed by atoms with Crippen molar-refractivity contribution in [1.29, 1.82) is 0 Å². The van der Waals surface area contributed by atoms with Gasteiger partial charge in [-0.2, -0.15) is 0 Å². The first kappa shape index (κ1) is 16.1. The van der Waals surface area contributed by atoms with E-state index in [-0.39, 0.29) is 0 Å². The number of carboxylic acids is 1. The average Bonchev–Trinajstić information content (AvgIpc) is 2.82. The molecule has 1 aromatic carbocycles. The van der Waals surface area contributed by atoms with Crippen molar-refractivity contribution in [1.82, 2.24) is 0 Å². The molecule has 1 N–H and O–H groups in total. The van der Waals surface area contributed by atoms with E-state index in [2.05, 4.69) is 4.99 Å². The van der Waals surface area contributed by atoms with Gasteiger partial charge in [0.05, 0.1) is 22.2 Å². The standard InChI is InChI=1S/C16H11Cl2NO3S/c1-2-22-16-11-6-13(18)23-15(11)10(7-14(20)21)9-4-3-8(17)5-12(9)19-16/h3-7H,2H2,1H3,(H,20,21). The lowest BCUT2D eigenvalue weighted by molar-refractivity contribution is -0.131. The predicted molar refractivity (Wildman–Crippen MR) is 93.3 cm³/mol. The fraction of sp³-hybridized carbons (Fsp3) is 0.125. The Balaban J connectivity index is 2.35. The van der Waals surface area contributed by atoms with Gasteiger partial charge in [-0.25, -0.2) is 9.79 Å². The number of ether oxygens (including phenoxy) is 1. The number of carbonyl (C=O) groups is 1. The molecule has 1 aliphatic heterocycles. The lowest BCUT2D eigenvalue weighted by Crippen LogP contribution is -2.06. The molecule has 4 nitrogen and oxygen atoms in total. The predicted octanol–water partition coefficient (Wildman–Crippen LogP) is 5.00. The lowest BCUT2D eigenvalue weighted by atomic mass is 10.0. The quantitative estimate of drug-likeness (QED) is 0.759. The number of aliphatic carboxylic acids is 1. The Bertz CT molecular complexity index is 855. The summed E-state index contributed by atoms with van der Waals surface area (Å²) < 4.78 is 6.17. The van der Waals surface area contributed by atoms with Crippen molar-refractivity contribution >= 4 is 57.7 Å². The van der Waals surface area contributed by atoms with Crippen molar-refractivity contribution in [2.45, 2.75) is 6.92 Å². The minimum Gasteiger partial charge on any atom is -0.478 e. The van der Waals surface area contributed by atoms with E-state index in [1.165, 1.54) is 11.3 Å². The summed E-state index contributed by atoms with van der Waals surface area (Å²) >= 11 is 13.5. The van der Waals surface area contributed by atoms with Gasteiger partial charge >= 0.3 is 5.97 Å². The number of rotatable bonds is 2. The molecule has 7 heteroatoms. The van der Waals surface area contributed by atoms with Crippen molar-refractivity contribution in [3.05, 3.63) is 55.7 Å². The van der Waals surface area contributed by atoms with Crippen LogP contribution in [-0.4, -0.2) is 23.6 Å². The number of carboxylic acid groups (broad SMARTS) is 1. The van der Waals surface area contributed by atoms with E-state index in [0.29, 0.717) is 49.1 Å². The Labute approximate surface area is 146 Å². The Kier molecular flexibility index (Phi) is 4.43. The van der Waals surface area contributed by atoms with Crippen LogP contribution in [-0.2, 0) is 9.53 Å². The number of nitrogens with zero attached hydrogens (tertiary/aromatic N) is 1. The molecule has 0 amide bonds. The summed E-state index contributed by atoms with van der Waals surface area (Å²) in [5.41, 5.74) is 2.45. The maximum Gasteiger partial charge on any atom is 0.328 e. The van der Waals surface area contributed by atoms with Gasteiger partial charge in [-0.15, -0.1) is 11.3 Å². The third-order valence-corrected chi connectivity index (χ3v) is 4.73. The molecule has 0 saturated carbocycles. The summed E-state index contributed by atoms with van der Waals surface area (Å²) in [4.78, 5) is 16.5. The topological polar surface area (TPSA) is 58.9 Å². The van der Waals surface area contributed by atoms with Crippen molar-refractivity contribution in [3.8, 4) is 0 Å². The number of benzene rings is 1. The molecule has 3 rings (SSSR count). The molecule has 2 aromatic rings. The Morgan fingerprint density at radius 1 is 1.35 bits per heavy atom. The van der Waals surface area contributed by atoms with Crippen LogP contribution >= 0.6 is 34.5 Å². The molecule has 0 aliphatic carbocycles. The minimum atomic E-state index is -1.05. The molecular weight excluding hydrogens is 357 g/mol. The lowest BCUT2D eigenvalue weighted by Gasteiger charge is -2.07. The first-order valence-electron chi connectivity index (χ1n) is 6.75. The van der Waals surface area contributed by atoms with Gasteiger partial charge in [-0.3, -0.25) is 0 Å². The monoisotopic (exact) mass is 367 g/mol. The number of halogens is 2. The molecule has 0 spiro atoms. The number of hydrogen-bond acceptors (Lipinski definition) is 4. The van der Waals surface area contributed by atoms with Crippen molar-refractivity contribution in [2.75, 3.05) is 6.61 Å². The summed E-state index contributed by atoms with van der Waals surface area (Å²) in [6.45, 7) is 2.29. The molecule has 0 fully saturated rings. The molecule has 2 heterocycles. The second kappa shape index (κ2) is 6.35. The smallest absolute Gasteiger partial charge is 0.328 e. The van der Waals surface area contributed by atoms with Gasteiger partial charge in [-0.05, 0) is 25.1 Å². The molecular formula is C16H11Cl2NO3S. The van der Waals surface area contributed by atoms with Crippen LogP contribution in [0, 0.1) is 0 Å². The van der Waals surface area contributed by atoms with Gasteiger partial charge < -0.3 is 9.84 Å². The highest BCUT2D eigenvalue weighted by Gasteiger charge is 2.25. The van der Waals surface area contributed by atoms with Gasteiger partial charge in [0.1, 0.15) is 0 Å². The maximum absolute atomic E-state index is 11.3. The molecule has 0 unspecified atom stereocenters. The molecule has 118 valence electrons. The highest BCUT2D eigenvalue weighted by atomic mass is 35.5. The summed E-state index contributed by atoms with van der Waals surface area (Å²) in [6, 6.07) is 6.87. The van der Waals surface area contributed by atoms with Crippen molar-refractivity contribution in [3.63, 3.8) is 0 Å². The van der Waals surface area contributed by atoms with Crippen LogP contribution < -0.4 is 0 Å². The molecule has 1 aliphatic rings. The second-order valence-electron chi connectivity index (χ2n) is 4.70. The zero-order chi connectivity index (χ0) is 16.6. The SMILES string of the molecule is CCOC1=Nc2cc(Cl)ccc2C(=CC(=O)O)c2sc(Cl)cc21. The molecule has 23 heavy (non-hydrogen) atoms. The highest BCUT2D eigenvalue weighted by Crippen LogP contribution is 2.43. The van der Waals surface area contributed by atoms with E-state index in [9.17, 15) is 9.90 Å². The Morgan fingerprint density at radius 2 is 2.13 bits per heavy atom. The summed E-state index contributed by atoms with van der Waals surface area (Å²) in [6.07, 6.45) is 1.16. The number of fused-ring (bicyclic) bond motifs is 2. The van der Waals surface area contributed by atoms with Crippen LogP contribution in [0.2, 0.25) is 9.36 Å². The number of hydrogen-bond donors (Lipinski definition) is 1. The van der Waals surface area contributed by atoms with E-state index in [1.807, 2.05) is 6.92 Å². The summed E-state index contributed by atoms with van der Waals surface area (Å²) in [5.74, 6) is -0.640. The molecule has 0 bridgehead atoms. The second-order valence-corrected chi connectivity index (χ2v) is 6.82. The van der Waals surface area contributed by atoms with Crippen molar-refractivity contribution in [2.24, 2.45) is 4.99 Å². The first-order chi connectivity index (χ1) is 11.0. The summed E-state index contributed by atoms with van der Waals surface area (Å²) in [7, 11) is 0. The van der Waals surface area contributed by atoms with Crippen LogP contribution in [0.3, 0.4) is 0 Å². The molecule has 1 aromatic heterocycles. The van der Waals surface area contributed by atoms with Gasteiger partial charge in [0.15, 0.2) is 0 Å².